The van der Waals surface area contributed by atoms with Crippen molar-refractivity contribution in [1.29, 1.82) is 0 Å². The lowest BCUT2D eigenvalue weighted by Crippen LogP contribution is -2.29. The van der Waals surface area contributed by atoms with E-state index in [1.807, 2.05) is 37.4 Å². The molecule has 3 N–H and O–H groups in total. The zero-order valence-electron chi connectivity index (χ0n) is 14.5. The predicted molar refractivity (Wildman–Crippen MR) is 101 cm³/mol. The molecule has 0 spiro atoms. The van der Waals surface area contributed by atoms with Crippen LogP contribution >= 0.6 is 0 Å². The van der Waals surface area contributed by atoms with Gasteiger partial charge in [0.1, 0.15) is 0 Å². The molecule has 2 aromatic carbocycles. The number of hydrogen-bond donors (Lipinski definition) is 3. The predicted octanol–water partition coefficient (Wildman–Crippen LogP) is 3.19. The molecule has 26 heavy (non-hydrogen) atoms. The smallest absolute Gasteiger partial charge is 0.321 e. The number of aromatic nitrogens is 1. The molecule has 1 atom stereocenters. The number of H-pyrrole nitrogens is 1. The van der Waals surface area contributed by atoms with Gasteiger partial charge in [-0.2, -0.15) is 0 Å². The van der Waals surface area contributed by atoms with Crippen LogP contribution in [0.5, 0.6) is 0 Å². The molecule has 1 fully saturated rings. The van der Waals surface area contributed by atoms with E-state index in [9.17, 15) is 9.59 Å². The van der Waals surface area contributed by atoms with Gasteiger partial charge in [-0.1, -0.05) is 12.1 Å². The Morgan fingerprint density at radius 3 is 2.88 bits per heavy atom. The zero-order valence-corrected chi connectivity index (χ0v) is 14.5. The molecule has 1 aliphatic rings. The second-order valence-electron chi connectivity index (χ2n) is 6.45. The highest BCUT2D eigenvalue weighted by molar-refractivity contribution is 5.98. The van der Waals surface area contributed by atoms with Crippen LogP contribution in [-0.2, 0) is 0 Å². The van der Waals surface area contributed by atoms with E-state index in [1.165, 1.54) is 0 Å². The summed E-state index contributed by atoms with van der Waals surface area (Å²) in [6, 6.07) is 15.0. The Hall–Kier alpha value is -3.28. The summed E-state index contributed by atoms with van der Waals surface area (Å²) in [4.78, 5) is 29.3. The van der Waals surface area contributed by atoms with Crippen molar-refractivity contribution in [2.45, 2.75) is 13.0 Å². The number of urea groups is 1. The van der Waals surface area contributed by atoms with Crippen molar-refractivity contribution in [3.05, 3.63) is 65.9 Å². The molecule has 6 nitrogen and oxygen atoms in total. The van der Waals surface area contributed by atoms with Gasteiger partial charge in [-0.25, -0.2) is 4.79 Å². The molecule has 2 heterocycles. The molecule has 0 unspecified atom stereocenters. The van der Waals surface area contributed by atoms with E-state index in [-0.39, 0.29) is 18.0 Å². The van der Waals surface area contributed by atoms with Gasteiger partial charge in [0, 0.05) is 36.1 Å². The summed E-state index contributed by atoms with van der Waals surface area (Å²) >= 11 is 0. The molecule has 132 valence electrons. The third-order valence-electron chi connectivity index (χ3n) is 4.70. The summed E-state index contributed by atoms with van der Waals surface area (Å²) in [6.45, 7) is 3.19. The first kappa shape index (κ1) is 16.2. The molecule has 1 aromatic heterocycles. The highest BCUT2D eigenvalue weighted by Crippen LogP contribution is 2.21. The topological polar surface area (TPSA) is 77.2 Å². The lowest BCUT2D eigenvalue weighted by Gasteiger charge is -2.17. The average molecular weight is 348 g/mol. The Bertz CT molecular complexity index is 979. The Balaban J connectivity index is 1.51. The second kappa shape index (κ2) is 6.55. The fraction of sp³-hybridized carbons (Fsp3) is 0.200. The maximum Gasteiger partial charge on any atom is 0.321 e. The average Bonchev–Trinajstić information content (AvgIpc) is 3.29. The van der Waals surface area contributed by atoms with Crippen molar-refractivity contribution >= 4 is 28.5 Å². The van der Waals surface area contributed by atoms with Gasteiger partial charge in [-0.15, -0.1) is 0 Å². The molecule has 1 aliphatic heterocycles. The minimum absolute atomic E-state index is 0.124. The molecule has 4 rings (SSSR count). The van der Waals surface area contributed by atoms with Crippen molar-refractivity contribution in [1.82, 2.24) is 15.6 Å². The van der Waals surface area contributed by atoms with Crippen LogP contribution in [0.15, 0.2) is 54.7 Å². The lowest BCUT2D eigenvalue weighted by atomic mass is 10.1. The number of hydrogen-bond acceptors (Lipinski definition) is 2. The molecule has 3 amide bonds. The molecule has 6 heteroatoms. The van der Waals surface area contributed by atoms with Crippen molar-refractivity contribution in [3.8, 4) is 0 Å². The SMILES string of the molecule is C[C@H](NC(=O)c1cccc(N2CCNC2=O)c1)c1ccc2[nH]ccc2c1. The van der Waals surface area contributed by atoms with Gasteiger partial charge in [-0.3, -0.25) is 9.69 Å². The van der Waals surface area contributed by atoms with Gasteiger partial charge in [0.15, 0.2) is 0 Å². The summed E-state index contributed by atoms with van der Waals surface area (Å²) in [5, 5.41) is 6.91. The number of nitrogens with zero attached hydrogens (tertiary/aromatic N) is 1. The maximum absolute atomic E-state index is 12.7. The molecule has 0 bridgehead atoms. The molecule has 0 saturated carbocycles. The van der Waals surface area contributed by atoms with Crippen molar-refractivity contribution in [3.63, 3.8) is 0 Å². The van der Waals surface area contributed by atoms with Gasteiger partial charge >= 0.3 is 6.03 Å². The number of amides is 3. The summed E-state index contributed by atoms with van der Waals surface area (Å²) in [6.07, 6.45) is 1.90. The van der Waals surface area contributed by atoms with Crippen LogP contribution in [0.1, 0.15) is 28.9 Å². The summed E-state index contributed by atoms with van der Waals surface area (Å²) in [7, 11) is 0. The molecular formula is C20H20N4O2. The normalized spacial score (nSPS) is 15.1. The van der Waals surface area contributed by atoms with Crippen LogP contribution < -0.4 is 15.5 Å². The Labute approximate surface area is 151 Å². The van der Waals surface area contributed by atoms with E-state index in [1.54, 1.807) is 23.1 Å². The third-order valence-corrected chi connectivity index (χ3v) is 4.70. The Kier molecular flexibility index (Phi) is 4.08. The number of rotatable bonds is 4. The molecule has 1 saturated heterocycles. The summed E-state index contributed by atoms with van der Waals surface area (Å²) in [5.74, 6) is -0.159. The van der Waals surface area contributed by atoms with Crippen LogP contribution in [0.25, 0.3) is 10.9 Å². The minimum Gasteiger partial charge on any atom is -0.361 e. The van der Waals surface area contributed by atoms with E-state index in [0.29, 0.717) is 18.7 Å². The zero-order chi connectivity index (χ0) is 18.1. The van der Waals surface area contributed by atoms with E-state index < -0.39 is 0 Å². The maximum atomic E-state index is 12.7. The fourth-order valence-corrected chi connectivity index (χ4v) is 3.24. The van der Waals surface area contributed by atoms with Gasteiger partial charge in [0.05, 0.1) is 6.04 Å². The number of fused-ring (bicyclic) bond motifs is 1. The molecule has 0 aliphatic carbocycles. The Morgan fingerprint density at radius 2 is 2.08 bits per heavy atom. The van der Waals surface area contributed by atoms with Crippen LogP contribution in [0, 0.1) is 0 Å². The Morgan fingerprint density at radius 1 is 1.19 bits per heavy atom. The first-order valence-electron chi connectivity index (χ1n) is 8.65. The lowest BCUT2D eigenvalue weighted by molar-refractivity contribution is 0.0940. The van der Waals surface area contributed by atoms with Crippen LogP contribution in [0.2, 0.25) is 0 Å². The number of anilines is 1. The van der Waals surface area contributed by atoms with E-state index in [0.717, 1.165) is 22.2 Å². The minimum atomic E-state index is -0.159. The van der Waals surface area contributed by atoms with Crippen LogP contribution in [-0.4, -0.2) is 30.0 Å². The number of carbonyl (C=O) groups is 2. The number of benzene rings is 2. The number of carbonyl (C=O) groups excluding carboxylic acids is 2. The van der Waals surface area contributed by atoms with E-state index in [2.05, 4.69) is 21.7 Å². The first-order chi connectivity index (χ1) is 12.6. The number of nitrogens with one attached hydrogen (secondary N) is 3. The molecule has 3 aromatic rings. The van der Waals surface area contributed by atoms with Crippen molar-refractivity contribution < 1.29 is 9.59 Å². The summed E-state index contributed by atoms with van der Waals surface area (Å²) in [5.41, 5.74) is 3.38. The standard InChI is InChI=1S/C20H20N4O2/c1-13(14-5-6-18-15(11-14)7-8-21-18)23-19(25)16-3-2-4-17(12-16)24-10-9-22-20(24)26/h2-8,11-13,21H,9-10H2,1H3,(H,22,26)(H,23,25)/t13-/m0/s1. The van der Waals surface area contributed by atoms with Gasteiger partial charge in [0.2, 0.25) is 0 Å². The van der Waals surface area contributed by atoms with E-state index in [4.69, 9.17) is 0 Å². The largest absolute Gasteiger partial charge is 0.361 e. The van der Waals surface area contributed by atoms with Crippen LogP contribution in [0.3, 0.4) is 0 Å². The first-order valence-corrected chi connectivity index (χ1v) is 8.65. The second-order valence-corrected chi connectivity index (χ2v) is 6.45. The monoisotopic (exact) mass is 348 g/mol. The van der Waals surface area contributed by atoms with Crippen LogP contribution in [0.4, 0.5) is 10.5 Å². The van der Waals surface area contributed by atoms with Crippen molar-refractivity contribution in [2.75, 3.05) is 18.0 Å². The van der Waals surface area contributed by atoms with Gasteiger partial charge in [0.25, 0.3) is 5.91 Å². The van der Waals surface area contributed by atoms with Gasteiger partial charge < -0.3 is 15.6 Å². The quantitative estimate of drug-likeness (QED) is 0.677. The fourth-order valence-electron chi connectivity index (χ4n) is 3.24. The number of aromatic amines is 1. The molecular weight excluding hydrogens is 328 g/mol. The van der Waals surface area contributed by atoms with Gasteiger partial charge in [-0.05, 0) is 54.3 Å². The highest BCUT2D eigenvalue weighted by Gasteiger charge is 2.22. The third kappa shape index (κ3) is 3.01. The van der Waals surface area contributed by atoms with E-state index >= 15 is 0 Å². The highest BCUT2D eigenvalue weighted by atomic mass is 16.2. The summed E-state index contributed by atoms with van der Waals surface area (Å²) < 4.78 is 0. The van der Waals surface area contributed by atoms with Crippen molar-refractivity contribution in [2.24, 2.45) is 0 Å². The molecule has 0 radical (unpaired) electrons.